The van der Waals surface area contributed by atoms with Crippen LogP contribution in [0.5, 0.6) is 0 Å². The Morgan fingerprint density at radius 3 is 2.72 bits per heavy atom. The Morgan fingerprint density at radius 1 is 1.50 bits per heavy atom. The van der Waals surface area contributed by atoms with Crippen LogP contribution in [0.1, 0.15) is 36.7 Å². The monoisotopic (exact) mass is 253 g/mol. The predicted octanol–water partition coefficient (Wildman–Crippen LogP) is 0.143. The number of carboxylic acid groups (broad SMARTS) is 1. The lowest BCUT2D eigenvalue weighted by atomic mass is 10.1. The highest BCUT2D eigenvalue weighted by Crippen LogP contribution is 2.02. The van der Waals surface area contributed by atoms with Crippen molar-refractivity contribution in [2.45, 2.75) is 32.2 Å². The summed E-state index contributed by atoms with van der Waals surface area (Å²) in [6, 6.07) is 1.46. The Labute approximate surface area is 103 Å². The van der Waals surface area contributed by atoms with E-state index in [-0.39, 0.29) is 5.69 Å². The number of aliphatic carboxylic acids is 1. The van der Waals surface area contributed by atoms with Crippen molar-refractivity contribution < 1.29 is 14.7 Å². The molecule has 0 spiro atoms. The Hall–Kier alpha value is -2.18. The molecule has 1 aromatic heterocycles. The first kappa shape index (κ1) is 13.9. The topological polar surface area (TPSA) is 112 Å². The number of rotatable bonds is 6. The lowest BCUT2D eigenvalue weighted by Gasteiger charge is -2.13. The number of H-pyrrole nitrogens is 1. The van der Waals surface area contributed by atoms with Crippen LogP contribution in [0.2, 0.25) is 0 Å². The minimum absolute atomic E-state index is 0.0163. The van der Waals surface area contributed by atoms with Crippen LogP contribution in [0, 0.1) is 0 Å². The van der Waals surface area contributed by atoms with Gasteiger partial charge in [-0.05, 0) is 12.5 Å². The number of unbranched alkanes of at least 4 members (excludes halogenated alkanes) is 1. The molecule has 0 aliphatic heterocycles. The summed E-state index contributed by atoms with van der Waals surface area (Å²) in [6.07, 6.45) is 1.91. The minimum Gasteiger partial charge on any atom is -0.480 e. The fourth-order valence-electron chi connectivity index (χ4n) is 1.37. The third-order valence-electron chi connectivity index (χ3n) is 2.36. The van der Waals surface area contributed by atoms with Crippen LogP contribution < -0.4 is 10.9 Å². The molecular weight excluding hydrogens is 238 g/mol. The summed E-state index contributed by atoms with van der Waals surface area (Å²) in [5, 5.41) is 17.0. The van der Waals surface area contributed by atoms with E-state index in [9.17, 15) is 14.4 Å². The molecule has 1 unspecified atom stereocenters. The molecule has 0 radical (unpaired) electrons. The van der Waals surface area contributed by atoms with E-state index in [1.54, 1.807) is 0 Å². The number of carboxylic acids is 1. The van der Waals surface area contributed by atoms with E-state index in [0.717, 1.165) is 12.5 Å². The quantitative estimate of drug-likeness (QED) is 0.667. The minimum atomic E-state index is -1.08. The summed E-state index contributed by atoms with van der Waals surface area (Å²) in [5.41, 5.74) is -0.440. The third-order valence-corrected chi connectivity index (χ3v) is 2.36. The Kier molecular flexibility index (Phi) is 5.04. The molecule has 18 heavy (non-hydrogen) atoms. The molecular formula is C11H15N3O4. The van der Waals surface area contributed by atoms with E-state index >= 15 is 0 Å². The molecule has 98 valence electrons. The van der Waals surface area contributed by atoms with Crippen molar-refractivity contribution in [2.75, 3.05) is 0 Å². The Bertz CT molecular complexity index is 463. The van der Waals surface area contributed by atoms with E-state index in [2.05, 4.69) is 15.5 Å². The summed E-state index contributed by atoms with van der Waals surface area (Å²) >= 11 is 0. The number of hydrogen-bond acceptors (Lipinski definition) is 4. The first-order valence-corrected chi connectivity index (χ1v) is 5.64. The normalized spacial score (nSPS) is 11.8. The van der Waals surface area contributed by atoms with Gasteiger partial charge >= 0.3 is 5.97 Å². The fourth-order valence-corrected chi connectivity index (χ4v) is 1.37. The van der Waals surface area contributed by atoms with Crippen LogP contribution in [-0.2, 0) is 4.79 Å². The number of carbonyl (C=O) groups is 2. The Balaban J connectivity index is 2.68. The molecule has 0 aliphatic carbocycles. The SMILES string of the molecule is CCCCC(NC(=O)c1ccc(=O)[nH]n1)C(=O)O. The number of nitrogens with one attached hydrogen (secondary N) is 2. The van der Waals surface area contributed by atoms with E-state index in [1.165, 1.54) is 6.07 Å². The number of hydrogen-bond donors (Lipinski definition) is 3. The standard InChI is InChI=1S/C11H15N3O4/c1-2-3-4-8(11(17)18)12-10(16)7-5-6-9(15)14-13-7/h5-6,8H,2-4H2,1H3,(H,12,16)(H,14,15)(H,17,18). The molecule has 1 atom stereocenters. The number of amides is 1. The smallest absolute Gasteiger partial charge is 0.326 e. The van der Waals surface area contributed by atoms with Crippen molar-refractivity contribution in [3.05, 3.63) is 28.2 Å². The highest BCUT2D eigenvalue weighted by Gasteiger charge is 2.20. The van der Waals surface area contributed by atoms with Gasteiger partial charge in [-0.15, -0.1) is 0 Å². The zero-order valence-electron chi connectivity index (χ0n) is 9.97. The molecule has 1 rings (SSSR count). The zero-order chi connectivity index (χ0) is 13.5. The molecule has 1 amide bonds. The number of aromatic amines is 1. The molecule has 1 heterocycles. The molecule has 0 fully saturated rings. The van der Waals surface area contributed by atoms with Gasteiger partial charge in [0.05, 0.1) is 0 Å². The van der Waals surface area contributed by atoms with Crippen molar-refractivity contribution in [1.82, 2.24) is 15.5 Å². The van der Waals surface area contributed by atoms with Crippen LogP contribution >= 0.6 is 0 Å². The molecule has 0 saturated carbocycles. The average Bonchev–Trinajstić information content (AvgIpc) is 2.34. The van der Waals surface area contributed by atoms with E-state index < -0.39 is 23.5 Å². The number of aromatic nitrogens is 2. The molecule has 3 N–H and O–H groups in total. The van der Waals surface area contributed by atoms with Gasteiger partial charge in [-0.1, -0.05) is 19.8 Å². The molecule has 0 bridgehead atoms. The summed E-state index contributed by atoms with van der Waals surface area (Å²) in [7, 11) is 0. The predicted molar refractivity (Wildman–Crippen MR) is 63.3 cm³/mol. The Morgan fingerprint density at radius 2 is 2.22 bits per heavy atom. The second kappa shape index (κ2) is 6.53. The van der Waals surface area contributed by atoms with Crippen LogP contribution in [0.15, 0.2) is 16.9 Å². The lowest BCUT2D eigenvalue weighted by Crippen LogP contribution is -2.41. The second-order valence-corrected chi connectivity index (χ2v) is 3.81. The van der Waals surface area contributed by atoms with Crippen LogP contribution in [-0.4, -0.2) is 33.2 Å². The highest BCUT2D eigenvalue weighted by molar-refractivity contribution is 5.94. The van der Waals surface area contributed by atoms with Gasteiger partial charge in [-0.3, -0.25) is 9.59 Å². The molecule has 0 aliphatic rings. The van der Waals surface area contributed by atoms with Crippen LogP contribution in [0.4, 0.5) is 0 Å². The van der Waals surface area contributed by atoms with Crippen molar-refractivity contribution in [2.24, 2.45) is 0 Å². The van der Waals surface area contributed by atoms with Crippen molar-refractivity contribution >= 4 is 11.9 Å². The van der Waals surface area contributed by atoms with Crippen molar-refractivity contribution in [3.8, 4) is 0 Å². The van der Waals surface area contributed by atoms with Gasteiger partial charge in [-0.2, -0.15) is 5.10 Å². The lowest BCUT2D eigenvalue weighted by molar-refractivity contribution is -0.139. The van der Waals surface area contributed by atoms with E-state index in [4.69, 9.17) is 5.11 Å². The molecule has 7 heteroatoms. The third kappa shape index (κ3) is 4.00. The maximum absolute atomic E-state index is 11.7. The van der Waals surface area contributed by atoms with Gasteiger partial charge in [0.25, 0.3) is 11.5 Å². The van der Waals surface area contributed by atoms with Crippen LogP contribution in [0.3, 0.4) is 0 Å². The van der Waals surface area contributed by atoms with E-state index in [0.29, 0.717) is 12.8 Å². The van der Waals surface area contributed by atoms with Gasteiger partial charge in [0, 0.05) is 6.07 Å². The van der Waals surface area contributed by atoms with Crippen LogP contribution in [0.25, 0.3) is 0 Å². The summed E-state index contributed by atoms with van der Waals surface area (Å²) < 4.78 is 0. The first-order chi connectivity index (χ1) is 8.54. The second-order valence-electron chi connectivity index (χ2n) is 3.81. The zero-order valence-corrected chi connectivity index (χ0v) is 9.97. The molecule has 0 aromatic carbocycles. The van der Waals surface area contributed by atoms with Gasteiger partial charge in [0.2, 0.25) is 0 Å². The molecule has 1 aromatic rings. The maximum Gasteiger partial charge on any atom is 0.326 e. The molecule has 0 saturated heterocycles. The van der Waals surface area contributed by atoms with Crippen molar-refractivity contribution in [3.63, 3.8) is 0 Å². The van der Waals surface area contributed by atoms with E-state index in [1.807, 2.05) is 6.92 Å². The highest BCUT2D eigenvalue weighted by atomic mass is 16.4. The van der Waals surface area contributed by atoms with Gasteiger partial charge in [0.15, 0.2) is 0 Å². The van der Waals surface area contributed by atoms with Gasteiger partial charge < -0.3 is 10.4 Å². The molecule has 7 nitrogen and oxygen atoms in total. The fraction of sp³-hybridized carbons (Fsp3) is 0.455. The number of carbonyl (C=O) groups excluding carboxylic acids is 1. The van der Waals surface area contributed by atoms with Crippen molar-refractivity contribution in [1.29, 1.82) is 0 Å². The summed E-state index contributed by atoms with van der Waals surface area (Å²) in [4.78, 5) is 33.4. The summed E-state index contributed by atoms with van der Waals surface area (Å²) in [5.74, 6) is -1.70. The average molecular weight is 253 g/mol. The number of nitrogens with zero attached hydrogens (tertiary/aromatic N) is 1. The maximum atomic E-state index is 11.7. The van der Waals surface area contributed by atoms with Gasteiger partial charge in [-0.25, -0.2) is 9.89 Å². The first-order valence-electron chi connectivity index (χ1n) is 5.64. The largest absolute Gasteiger partial charge is 0.480 e. The summed E-state index contributed by atoms with van der Waals surface area (Å²) in [6.45, 7) is 1.93. The van der Waals surface area contributed by atoms with Gasteiger partial charge in [0.1, 0.15) is 11.7 Å².